The Hall–Kier alpha value is -1.75. The first-order chi connectivity index (χ1) is 10.1. The number of nitrogens with one attached hydrogen (secondary N) is 1. The van der Waals surface area contributed by atoms with Gasteiger partial charge in [-0.25, -0.2) is 0 Å². The van der Waals surface area contributed by atoms with Gasteiger partial charge in [0.25, 0.3) is 5.91 Å². The van der Waals surface area contributed by atoms with Crippen LogP contribution < -0.4 is 10.1 Å². The van der Waals surface area contributed by atoms with Crippen molar-refractivity contribution in [2.24, 2.45) is 5.92 Å². The number of hydrogen-bond donors (Lipinski definition) is 2. The highest BCUT2D eigenvalue weighted by Crippen LogP contribution is 2.24. The summed E-state index contributed by atoms with van der Waals surface area (Å²) in [6.45, 7) is 3.49. The highest BCUT2D eigenvalue weighted by Gasteiger charge is 2.19. The van der Waals surface area contributed by atoms with E-state index in [-0.39, 0.29) is 17.2 Å². The first-order valence-corrected chi connectivity index (χ1v) is 7.37. The zero-order valence-electron chi connectivity index (χ0n) is 12.6. The molecule has 1 fully saturated rings. The number of rotatable bonds is 5. The van der Waals surface area contributed by atoms with Gasteiger partial charge in [-0.2, -0.15) is 0 Å². The number of aromatic hydroxyl groups is 1. The second kappa shape index (κ2) is 7.31. The minimum atomic E-state index is -0.272. The number of carbonyl (C=O) groups is 1. The average molecular weight is 293 g/mol. The minimum absolute atomic E-state index is 0.0343. The fourth-order valence-electron chi connectivity index (χ4n) is 2.66. The molecule has 1 aliphatic rings. The zero-order valence-corrected chi connectivity index (χ0v) is 12.6. The van der Waals surface area contributed by atoms with Gasteiger partial charge in [0.2, 0.25) is 0 Å². The van der Waals surface area contributed by atoms with Crippen molar-refractivity contribution in [3.8, 4) is 11.5 Å². The molecule has 2 atom stereocenters. The number of phenolic OH excluding ortho intramolecular Hbond substituents is 1. The summed E-state index contributed by atoms with van der Waals surface area (Å²) >= 11 is 0. The molecule has 1 aromatic rings. The van der Waals surface area contributed by atoms with Gasteiger partial charge in [0.05, 0.1) is 18.8 Å². The molecule has 0 aliphatic carbocycles. The third-order valence-corrected chi connectivity index (χ3v) is 3.88. The number of amides is 1. The molecule has 116 valence electrons. The van der Waals surface area contributed by atoms with Gasteiger partial charge in [-0.1, -0.05) is 0 Å². The van der Waals surface area contributed by atoms with Crippen LogP contribution in [-0.4, -0.2) is 37.4 Å². The van der Waals surface area contributed by atoms with Crippen LogP contribution in [0.25, 0.3) is 0 Å². The molecular formula is C16H23NO4. The van der Waals surface area contributed by atoms with Crippen molar-refractivity contribution in [3.63, 3.8) is 0 Å². The van der Waals surface area contributed by atoms with Crippen molar-refractivity contribution in [1.82, 2.24) is 5.32 Å². The second-order valence-corrected chi connectivity index (χ2v) is 5.50. The van der Waals surface area contributed by atoms with Gasteiger partial charge >= 0.3 is 0 Å². The maximum absolute atomic E-state index is 12.1. The highest BCUT2D eigenvalue weighted by atomic mass is 16.5. The van der Waals surface area contributed by atoms with E-state index >= 15 is 0 Å². The lowest BCUT2D eigenvalue weighted by Gasteiger charge is -2.27. The van der Waals surface area contributed by atoms with Crippen LogP contribution in [0.5, 0.6) is 11.5 Å². The Bertz CT molecular complexity index is 489. The molecule has 2 rings (SSSR count). The van der Waals surface area contributed by atoms with Crippen LogP contribution in [0.1, 0.15) is 36.5 Å². The molecule has 1 heterocycles. The predicted molar refractivity (Wildman–Crippen MR) is 79.7 cm³/mol. The van der Waals surface area contributed by atoms with Crippen LogP contribution in [0.4, 0.5) is 0 Å². The van der Waals surface area contributed by atoms with Crippen LogP contribution in [0.3, 0.4) is 0 Å². The molecule has 21 heavy (non-hydrogen) atoms. The van der Waals surface area contributed by atoms with E-state index in [4.69, 9.17) is 9.47 Å². The molecule has 0 bridgehead atoms. The summed E-state index contributed by atoms with van der Waals surface area (Å²) in [4.78, 5) is 12.1. The third kappa shape index (κ3) is 4.36. The molecule has 5 heteroatoms. The number of benzene rings is 1. The van der Waals surface area contributed by atoms with E-state index in [1.807, 2.05) is 0 Å². The SMILES string of the molecule is COc1ccc(O)c(C(=O)NCC[C@H]2CCO[C@H](C)C2)c1. The Morgan fingerprint density at radius 2 is 2.33 bits per heavy atom. The van der Waals surface area contributed by atoms with Crippen molar-refractivity contribution in [3.05, 3.63) is 23.8 Å². The van der Waals surface area contributed by atoms with E-state index in [1.165, 1.54) is 13.2 Å². The van der Waals surface area contributed by atoms with Gasteiger partial charge in [0.15, 0.2) is 0 Å². The standard InChI is InChI=1S/C16H23NO4/c1-11-9-12(6-8-21-11)5-7-17-16(19)14-10-13(20-2)3-4-15(14)18/h3-4,10-12,18H,5-9H2,1-2H3,(H,17,19)/t11-,12+/m1/s1. The van der Waals surface area contributed by atoms with E-state index in [0.717, 1.165) is 25.9 Å². The van der Waals surface area contributed by atoms with E-state index in [1.54, 1.807) is 12.1 Å². The van der Waals surface area contributed by atoms with Crippen molar-refractivity contribution < 1.29 is 19.4 Å². The molecule has 1 saturated heterocycles. The second-order valence-electron chi connectivity index (χ2n) is 5.50. The van der Waals surface area contributed by atoms with Crippen molar-refractivity contribution in [1.29, 1.82) is 0 Å². The normalized spacial score (nSPS) is 21.8. The average Bonchev–Trinajstić information content (AvgIpc) is 2.47. The quantitative estimate of drug-likeness (QED) is 0.874. The number of carbonyl (C=O) groups excluding carboxylic acids is 1. The predicted octanol–water partition coefficient (Wildman–Crippen LogP) is 2.34. The van der Waals surface area contributed by atoms with Gasteiger partial charge in [-0.05, 0) is 50.3 Å². The first-order valence-electron chi connectivity index (χ1n) is 7.37. The zero-order chi connectivity index (χ0) is 15.2. The topological polar surface area (TPSA) is 67.8 Å². The Kier molecular flexibility index (Phi) is 5.44. The molecule has 5 nitrogen and oxygen atoms in total. The Balaban J connectivity index is 1.84. The number of ether oxygens (including phenoxy) is 2. The van der Waals surface area contributed by atoms with Gasteiger partial charge in [-0.15, -0.1) is 0 Å². The largest absolute Gasteiger partial charge is 0.507 e. The smallest absolute Gasteiger partial charge is 0.255 e. The van der Waals surface area contributed by atoms with Crippen molar-refractivity contribution in [2.45, 2.75) is 32.3 Å². The maximum atomic E-state index is 12.1. The monoisotopic (exact) mass is 293 g/mol. The van der Waals surface area contributed by atoms with Crippen LogP contribution in [0, 0.1) is 5.92 Å². The van der Waals surface area contributed by atoms with E-state index in [2.05, 4.69) is 12.2 Å². The molecule has 1 aliphatic heterocycles. The summed E-state index contributed by atoms with van der Waals surface area (Å²) in [5.74, 6) is 0.837. The number of hydrogen-bond acceptors (Lipinski definition) is 4. The molecule has 0 saturated carbocycles. The summed E-state index contributed by atoms with van der Waals surface area (Å²) in [6.07, 6.45) is 3.33. The minimum Gasteiger partial charge on any atom is -0.507 e. The lowest BCUT2D eigenvalue weighted by Crippen LogP contribution is -2.29. The lowest BCUT2D eigenvalue weighted by molar-refractivity contribution is 0.00109. The van der Waals surface area contributed by atoms with E-state index in [9.17, 15) is 9.90 Å². The third-order valence-electron chi connectivity index (χ3n) is 3.88. The van der Waals surface area contributed by atoms with E-state index in [0.29, 0.717) is 24.3 Å². The number of phenols is 1. The lowest BCUT2D eigenvalue weighted by atomic mass is 9.93. The highest BCUT2D eigenvalue weighted by molar-refractivity contribution is 5.97. The Morgan fingerprint density at radius 3 is 3.05 bits per heavy atom. The summed E-state index contributed by atoms with van der Waals surface area (Å²) in [5, 5.41) is 12.6. The molecule has 0 unspecified atom stereocenters. The first kappa shape index (κ1) is 15.6. The van der Waals surface area contributed by atoms with E-state index < -0.39 is 0 Å². The molecule has 0 aromatic heterocycles. The van der Waals surface area contributed by atoms with Gasteiger partial charge < -0.3 is 19.9 Å². The van der Waals surface area contributed by atoms with Crippen LogP contribution >= 0.6 is 0 Å². The van der Waals surface area contributed by atoms with Crippen molar-refractivity contribution >= 4 is 5.91 Å². The number of methoxy groups -OCH3 is 1. The summed E-state index contributed by atoms with van der Waals surface area (Å²) in [6, 6.07) is 4.63. The molecule has 1 aromatic carbocycles. The maximum Gasteiger partial charge on any atom is 0.255 e. The molecule has 1 amide bonds. The molecule has 0 radical (unpaired) electrons. The van der Waals surface area contributed by atoms with Gasteiger partial charge in [0, 0.05) is 13.2 Å². The van der Waals surface area contributed by atoms with Gasteiger partial charge in [-0.3, -0.25) is 4.79 Å². The molecular weight excluding hydrogens is 270 g/mol. The van der Waals surface area contributed by atoms with Crippen molar-refractivity contribution in [2.75, 3.05) is 20.3 Å². The molecule has 0 spiro atoms. The van der Waals surface area contributed by atoms with Gasteiger partial charge in [0.1, 0.15) is 11.5 Å². The van der Waals surface area contributed by atoms with Crippen LogP contribution in [0.15, 0.2) is 18.2 Å². The fourth-order valence-corrected chi connectivity index (χ4v) is 2.66. The van der Waals surface area contributed by atoms with Crippen LogP contribution in [0.2, 0.25) is 0 Å². The summed E-state index contributed by atoms with van der Waals surface area (Å²) in [7, 11) is 1.53. The summed E-state index contributed by atoms with van der Waals surface area (Å²) in [5.41, 5.74) is 0.245. The fraction of sp³-hybridized carbons (Fsp3) is 0.562. The Morgan fingerprint density at radius 1 is 1.52 bits per heavy atom. The Labute approximate surface area is 125 Å². The molecule has 2 N–H and O–H groups in total. The summed E-state index contributed by atoms with van der Waals surface area (Å²) < 4.78 is 10.6. The van der Waals surface area contributed by atoms with Crippen LogP contribution in [-0.2, 0) is 4.74 Å².